The van der Waals surface area contributed by atoms with Crippen LogP contribution in [0.15, 0.2) is 18.2 Å². The number of hydrogen-bond donors (Lipinski definition) is 1. The highest BCUT2D eigenvalue weighted by molar-refractivity contribution is 5.74. The molecule has 1 aliphatic rings. The summed E-state index contributed by atoms with van der Waals surface area (Å²) in [5.41, 5.74) is -0.284. The molecule has 19 heavy (non-hydrogen) atoms. The third kappa shape index (κ3) is 2.37. The van der Waals surface area contributed by atoms with Gasteiger partial charge in [-0.15, -0.1) is 0 Å². The molecular formula is C15H19FO3. The smallest absolute Gasteiger partial charge is 0.311 e. The largest absolute Gasteiger partial charge is 0.466 e. The van der Waals surface area contributed by atoms with Crippen molar-refractivity contribution in [2.45, 2.75) is 38.7 Å². The van der Waals surface area contributed by atoms with Gasteiger partial charge in [0.05, 0.1) is 12.5 Å². The van der Waals surface area contributed by atoms with E-state index < -0.39 is 17.5 Å². The lowest BCUT2D eigenvalue weighted by Gasteiger charge is -2.38. The van der Waals surface area contributed by atoms with Gasteiger partial charge in [-0.05, 0) is 50.3 Å². The number of ether oxygens (including phenoxy) is 1. The van der Waals surface area contributed by atoms with Crippen LogP contribution in [0.4, 0.5) is 4.39 Å². The van der Waals surface area contributed by atoms with E-state index in [1.54, 1.807) is 26.0 Å². The minimum atomic E-state index is -1.33. The Morgan fingerprint density at radius 2 is 2.32 bits per heavy atom. The van der Waals surface area contributed by atoms with Gasteiger partial charge < -0.3 is 9.84 Å². The fourth-order valence-corrected chi connectivity index (χ4v) is 2.80. The summed E-state index contributed by atoms with van der Waals surface area (Å²) in [4.78, 5) is 11.9. The Morgan fingerprint density at radius 3 is 3.00 bits per heavy atom. The number of halogens is 1. The maximum absolute atomic E-state index is 13.8. The van der Waals surface area contributed by atoms with Gasteiger partial charge in [0.2, 0.25) is 0 Å². The van der Waals surface area contributed by atoms with E-state index >= 15 is 0 Å². The quantitative estimate of drug-likeness (QED) is 0.855. The van der Waals surface area contributed by atoms with Crippen LogP contribution in [0, 0.1) is 11.7 Å². The molecule has 0 amide bonds. The number of esters is 1. The summed E-state index contributed by atoms with van der Waals surface area (Å²) < 4.78 is 18.8. The van der Waals surface area contributed by atoms with Crippen molar-refractivity contribution in [3.63, 3.8) is 0 Å². The van der Waals surface area contributed by atoms with Gasteiger partial charge in [-0.3, -0.25) is 4.79 Å². The van der Waals surface area contributed by atoms with Crippen LogP contribution >= 0.6 is 0 Å². The lowest BCUT2D eigenvalue weighted by molar-refractivity contribution is -0.159. The molecule has 1 aromatic carbocycles. The summed E-state index contributed by atoms with van der Waals surface area (Å²) in [5, 5.41) is 10.8. The van der Waals surface area contributed by atoms with E-state index in [2.05, 4.69) is 0 Å². The lowest BCUT2D eigenvalue weighted by atomic mass is 9.72. The molecule has 1 aromatic rings. The van der Waals surface area contributed by atoms with Crippen LogP contribution in [0.25, 0.3) is 0 Å². The molecule has 1 N–H and O–H groups in total. The normalized spacial score (nSPS) is 23.6. The minimum Gasteiger partial charge on any atom is -0.466 e. The highest BCUT2D eigenvalue weighted by Crippen LogP contribution is 2.41. The van der Waals surface area contributed by atoms with Crippen molar-refractivity contribution in [3.8, 4) is 0 Å². The van der Waals surface area contributed by atoms with Gasteiger partial charge in [0.25, 0.3) is 0 Å². The standard InChI is InChI=1S/C15H19FO3/c1-3-19-14(17)10(2)15(18)9-5-6-11-12(15)7-4-8-13(11)16/h4,7-8,10,18H,3,5-6,9H2,1-2H3/t10-,15+/m0/s1. The van der Waals surface area contributed by atoms with E-state index in [-0.39, 0.29) is 12.4 Å². The van der Waals surface area contributed by atoms with E-state index in [0.29, 0.717) is 30.4 Å². The maximum atomic E-state index is 13.8. The summed E-state index contributed by atoms with van der Waals surface area (Å²) in [7, 11) is 0. The molecule has 104 valence electrons. The number of benzene rings is 1. The number of carbonyl (C=O) groups is 1. The number of aliphatic hydroxyl groups is 1. The maximum Gasteiger partial charge on any atom is 0.311 e. The highest BCUT2D eigenvalue weighted by atomic mass is 19.1. The van der Waals surface area contributed by atoms with E-state index in [1.807, 2.05) is 0 Å². The minimum absolute atomic E-state index is 0.273. The molecule has 0 saturated carbocycles. The first kappa shape index (κ1) is 14.0. The third-order valence-corrected chi connectivity index (χ3v) is 3.93. The molecule has 2 rings (SSSR count). The zero-order chi connectivity index (χ0) is 14.0. The Bertz CT molecular complexity index is 486. The second-order valence-electron chi connectivity index (χ2n) is 5.02. The first-order valence-electron chi connectivity index (χ1n) is 6.67. The van der Waals surface area contributed by atoms with E-state index in [0.717, 1.165) is 0 Å². The predicted octanol–water partition coefficient (Wildman–Crippen LogP) is 2.55. The Kier molecular flexibility index (Phi) is 3.90. The molecule has 0 saturated heterocycles. The monoisotopic (exact) mass is 266 g/mol. The third-order valence-electron chi connectivity index (χ3n) is 3.93. The second-order valence-corrected chi connectivity index (χ2v) is 5.02. The topological polar surface area (TPSA) is 46.5 Å². The Morgan fingerprint density at radius 1 is 1.58 bits per heavy atom. The SMILES string of the molecule is CCOC(=O)[C@H](C)[C@]1(O)CCCc2c(F)cccc21. The molecule has 4 heteroatoms. The predicted molar refractivity (Wildman–Crippen MR) is 69.0 cm³/mol. The average Bonchev–Trinajstić information content (AvgIpc) is 2.39. The van der Waals surface area contributed by atoms with Crippen LogP contribution in [0.1, 0.15) is 37.8 Å². The van der Waals surface area contributed by atoms with Crippen molar-refractivity contribution >= 4 is 5.97 Å². The summed E-state index contributed by atoms with van der Waals surface area (Å²) in [5.74, 6) is -1.46. The zero-order valence-electron chi connectivity index (χ0n) is 11.3. The average molecular weight is 266 g/mol. The second kappa shape index (κ2) is 5.29. The van der Waals surface area contributed by atoms with Gasteiger partial charge in [-0.1, -0.05) is 12.1 Å². The number of rotatable bonds is 3. The Hall–Kier alpha value is -1.42. The molecule has 0 aliphatic heterocycles. The molecule has 0 heterocycles. The first-order valence-corrected chi connectivity index (χ1v) is 6.67. The van der Waals surface area contributed by atoms with Crippen LogP contribution in [-0.2, 0) is 21.6 Å². The van der Waals surface area contributed by atoms with Gasteiger partial charge in [0.15, 0.2) is 0 Å². The molecule has 0 radical (unpaired) electrons. The molecule has 0 bridgehead atoms. The van der Waals surface area contributed by atoms with Gasteiger partial charge in [-0.2, -0.15) is 0 Å². The lowest BCUT2D eigenvalue weighted by Crippen LogP contribution is -2.42. The van der Waals surface area contributed by atoms with Crippen molar-refractivity contribution in [3.05, 3.63) is 35.1 Å². The van der Waals surface area contributed by atoms with Gasteiger partial charge in [-0.25, -0.2) is 4.39 Å². The van der Waals surface area contributed by atoms with Gasteiger partial charge >= 0.3 is 5.97 Å². The van der Waals surface area contributed by atoms with E-state index in [1.165, 1.54) is 6.07 Å². The Labute approximate surface area is 112 Å². The first-order chi connectivity index (χ1) is 9.00. The van der Waals surface area contributed by atoms with Gasteiger partial charge in [0, 0.05) is 0 Å². The highest BCUT2D eigenvalue weighted by Gasteiger charge is 2.44. The molecule has 3 nitrogen and oxygen atoms in total. The van der Waals surface area contributed by atoms with E-state index in [4.69, 9.17) is 4.74 Å². The van der Waals surface area contributed by atoms with E-state index in [9.17, 15) is 14.3 Å². The fraction of sp³-hybridized carbons (Fsp3) is 0.533. The number of carbonyl (C=O) groups excluding carboxylic acids is 1. The van der Waals surface area contributed by atoms with Crippen molar-refractivity contribution in [1.82, 2.24) is 0 Å². The van der Waals surface area contributed by atoms with Crippen molar-refractivity contribution in [2.75, 3.05) is 6.61 Å². The molecule has 1 aliphatic carbocycles. The molecule has 0 spiro atoms. The summed E-state index contributed by atoms with van der Waals surface area (Å²) in [6, 6.07) is 4.66. The van der Waals surface area contributed by atoms with Crippen LogP contribution < -0.4 is 0 Å². The van der Waals surface area contributed by atoms with Crippen molar-refractivity contribution in [1.29, 1.82) is 0 Å². The Balaban J connectivity index is 2.41. The number of fused-ring (bicyclic) bond motifs is 1. The summed E-state index contributed by atoms with van der Waals surface area (Å²) >= 11 is 0. The van der Waals surface area contributed by atoms with Crippen molar-refractivity contribution in [2.24, 2.45) is 5.92 Å². The molecule has 2 atom stereocenters. The van der Waals surface area contributed by atoms with Gasteiger partial charge in [0.1, 0.15) is 11.4 Å². The van der Waals surface area contributed by atoms with Crippen LogP contribution in [-0.4, -0.2) is 17.7 Å². The fourth-order valence-electron chi connectivity index (χ4n) is 2.80. The van der Waals surface area contributed by atoms with Crippen LogP contribution in [0.2, 0.25) is 0 Å². The molecule has 0 unspecified atom stereocenters. The summed E-state index contributed by atoms with van der Waals surface area (Å²) in [6.07, 6.45) is 1.71. The summed E-state index contributed by atoms with van der Waals surface area (Å²) in [6.45, 7) is 3.64. The number of hydrogen-bond acceptors (Lipinski definition) is 3. The molecular weight excluding hydrogens is 247 g/mol. The molecule has 0 fully saturated rings. The van der Waals surface area contributed by atoms with Crippen LogP contribution in [0.3, 0.4) is 0 Å². The molecule has 0 aromatic heterocycles. The van der Waals surface area contributed by atoms with Crippen molar-refractivity contribution < 1.29 is 19.0 Å². The zero-order valence-corrected chi connectivity index (χ0v) is 11.3. The van der Waals surface area contributed by atoms with Crippen LogP contribution in [0.5, 0.6) is 0 Å².